The fourth-order valence-corrected chi connectivity index (χ4v) is 4.96. The van der Waals surface area contributed by atoms with E-state index in [9.17, 15) is 4.79 Å². The maximum absolute atomic E-state index is 12.5. The second-order valence-corrected chi connectivity index (χ2v) is 8.01. The predicted molar refractivity (Wildman–Crippen MR) is 94.2 cm³/mol. The van der Waals surface area contributed by atoms with Gasteiger partial charge in [-0.2, -0.15) is 0 Å². The maximum atomic E-state index is 12.5. The van der Waals surface area contributed by atoms with E-state index in [0.29, 0.717) is 11.8 Å². The second-order valence-electron chi connectivity index (χ2n) is 8.01. The van der Waals surface area contributed by atoms with Crippen molar-refractivity contribution in [3.05, 3.63) is 11.6 Å². The fraction of sp³-hybridized carbons (Fsp3) is 0.857. The molecule has 0 N–H and O–H groups in total. The summed E-state index contributed by atoms with van der Waals surface area (Å²) in [6, 6.07) is 0. The summed E-state index contributed by atoms with van der Waals surface area (Å²) in [7, 11) is 0. The van der Waals surface area contributed by atoms with Crippen LogP contribution in [0.4, 0.5) is 0 Å². The molecule has 3 aliphatic carbocycles. The Labute approximate surface area is 142 Å². The van der Waals surface area contributed by atoms with Crippen LogP contribution in [0.3, 0.4) is 0 Å². The molecule has 3 rings (SSSR count). The van der Waals surface area contributed by atoms with Crippen LogP contribution in [-0.4, -0.2) is 12.1 Å². The van der Waals surface area contributed by atoms with Crippen molar-refractivity contribution < 1.29 is 9.53 Å². The highest BCUT2D eigenvalue weighted by molar-refractivity contribution is 5.83. The molecular weight excluding hydrogens is 284 g/mol. The number of allylic oxidation sites excluding steroid dienone is 1. The molecule has 0 heterocycles. The van der Waals surface area contributed by atoms with E-state index in [4.69, 9.17) is 4.74 Å². The van der Waals surface area contributed by atoms with Crippen LogP contribution in [0.5, 0.6) is 0 Å². The van der Waals surface area contributed by atoms with Crippen molar-refractivity contribution in [3.8, 4) is 0 Å². The first-order valence-electron chi connectivity index (χ1n) is 10.2. The molecule has 0 amide bonds. The van der Waals surface area contributed by atoms with E-state index in [-0.39, 0.29) is 12.1 Å². The zero-order valence-electron chi connectivity index (χ0n) is 14.7. The summed E-state index contributed by atoms with van der Waals surface area (Å²) in [5.74, 6) is 1.28. The monoisotopic (exact) mass is 318 g/mol. The SMILES string of the molecule is O=C(C=C(C1CCCCC1)C1CCCCC1)OC1CCCCC1. The molecule has 0 aliphatic heterocycles. The van der Waals surface area contributed by atoms with Gasteiger partial charge in [-0.25, -0.2) is 4.79 Å². The normalized spacial score (nSPS) is 25.0. The molecule has 2 heteroatoms. The third-order valence-electron chi connectivity index (χ3n) is 6.27. The minimum atomic E-state index is -0.0388. The van der Waals surface area contributed by atoms with Crippen LogP contribution in [0.1, 0.15) is 96.3 Å². The molecule has 3 aliphatic rings. The van der Waals surface area contributed by atoms with E-state index in [2.05, 4.69) is 0 Å². The zero-order chi connectivity index (χ0) is 15.9. The van der Waals surface area contributed by atoms with Crippen LogP contribution in [0.15, 0.2) is 11.6 Å². The Kier molecular flexibility index (Phi) is 6.59. The molecular formula is C21H34O2. The average Bonchev–Trinajstić information content (AvgIpc) is 2.62. The van der Waals surface area contributed by atoms with E-state index in [1.165, 1.54) is 89.0 Å². The van der Waals surface area contributed by atoms with E-state index in [1.54, 1.807) is 0 Å². The highest BCUT2D eigenvalue weighted by Crippen LogP contribution is 2.39. The molecule has 0 aromatic carbocycles. The van der Waals surface area contributed by atoms with Gasteiger partial charge in [0.25, 0.3) is 0 Å². The van der Waals surface area contributed by atoms with E-state index >= 15 is 0 Å². The van der Waals surface area contributed by atoms with E-state index < -0.39 is 0 Å². The predicted octanol–water partition coefficient (Wildman–Crippen LogP) is 5.95. The van der Waals surface area contributed by atoms with Crippen molar-refractivity contribution >= 4 is 5.97 Å². The molecule has 0 spiro atoms. The van der Waals surface area contributed by atoms with Crippen LogP contribution >= 0.6 is 0 Å². The molecule has 2 nitrogen and oxygen atoms in total. The van der Waals surface area contributed by atoms with E-state index in [0.717, 1.165) is 12.8 Å². The van der Waals surface area contributed by atoms with Gasteiger partial charge in [0, 0.05) is 6.08 Å². The number of ether oxygens (including phenoxy) is 1. The third kappa shape index (κ3) is 5.09. The van der Waals surface area contributed by atoms with Gasteiger partial charge in [-0.05, 0) is 63.2 Å². The maximum Gasteiger partial charge on any atom is 0.330 e. The first-order chi connectivity index (χ1) is 11.3. The van der Waals surface area contributed by atoms with Gasteiger partial charge in [-0.1, -0.05) is 50.5 Å². The van der Waals surface area contributed by atoms with Gasteiger partial charge in [0.15, 0.2) is 0 Å². The van der Waals surface area contributed by atoms with Gasteiger partial charge in [0.2, 0.25) is 0 Å². The highest BCUT2D eigenvalue weighted by Gasteiger charge is 2.27. The number of hydrogen-bond acceptors (Lipinski definition) is 2. The molecule has 3 saturated carbocycles. The standard InChI is InChI=1S/C21H34O2/c22-21(23-19-14-8-3-9-15-19)16-20(17-10-4-1-5-11-17)18-12-6-2-7-13-18/h16-19H,1-15H2. The first kappa shape index (κ1) is 17.0. The Hall–Kier alpha value is -0.790. The Balaban J connectivity index is 1.65. The molecule has 23 heavy (non-hydrogen) atoms. The number of hydrogen-bond donors (Lipinski definition) is 0. The number of esters is 1. The summed E-state index contributed by atoms with van der Waals surface area (Å²) in [6.07, 6.45) is 21.3. The van der Waals surface area contributed by atoms with Crippen LogP contribution in [0.25, 0.3) is 0 Å². The zero-order valence-corrected chi connectivity index (χ0v) is 14.7. The molecule has 0 saturated heterocycles. The van der Waals surface area contributed by atoms with Crippen molar-refractivity contribution in [1.82, 2.24) is 0 Å². The summed E-state index contributed by atoms with van der Waals surface area (Å²) < 4.78 is 5.79. The van der Waals surface area contributed by atoms with Gasteiger partial charge in [0.1, 0.15) is 6.10 Å². The van der Waals surface area contributed by atoms with Gasteiger partial charge in [-0.15, -0.1) is 0 Å². The number of carbonyl (C=O) groups is 1. The van der Waals surface area contributed by atoms with Crippen LogP contribution in [0.2, 0.25) is 0 Å². The smallest absolute Gasteiger partial charge is 0.330 e. The van der Waals surface area contributed by atoms with Crippen molar-refractivity contribution in [3.63, 3.8) is 0 Å². The Morgan fingerprint density at radius 2 is 1.09 bits per heavy atom. The van der Waals surface area contributed by atoms with Crippen molar-refractivity contribution in [2.75, 3.05) is 0 Å². The average molecular weight is 319 g/mol. The number of carbonyl (C=O) groups excluding carboxylic acids is 1. The molecule has 3 fully saturated rings. The quantitative estimate of drug-likeness (QED) is 0.473. The lowest BCUT2D eigenvalue weighted by molar-refractivity contribution is -0.144. The molecule has 0 aromatic heterocycles. The summed E-state index contributed by atoms with van der Waals surface area (Å²) in [6.45, 7) is 0. The molecule has 130 valence electrons. The third-order valence-corrected chi connectivity index (χ3v) is 6.27. The minimum Gasteiger partial charge on any atom is -0.459 e. The second kappa shape index (κ2) is 8.89. The molecule has 0 radical (unpaired) electrons. The minimum absolute atomic E-state index is 0.0388. The van der Waals surface area contributed by atoms with Gasteiger partial charge in [-0.3, -0.25) is 0 Å². The van der Waals surface area contributed by atoms with E-state index in [1.807, 2.05) is 6.08 Å². The topological polar surface area (TPSA) is 26.3 Å². The van der Waals surface area contributed by atoms with Crippen molar-refractivity contribution in [2.45, 2.75) is 102 Å². The summed E-state index contributed by atoms with van der Waals surface area (Å²) in [5.41, 5.74) is 1.46. The van der Waals surface area contributed by atoms with Crippen LogP contribution in [0, 0.1) is 11.8 Å². The summed E-state index contributed by atoms with van der Waals surface area (Å²) in [4.78, 5) is 12.5. The molecule has 0 bridgehead atoms. The van der Waals surface area contributed by atoms with Crippen molar-refractivity contribution in [1.29, 1.82) is 0 Å². The molecule has 0 atom stereocenters. The Morgan fingerprint density at radius 1 is 0.652 bits per heavy atom. The van der Waals surface area contributed by atoms with Gasteiger partial charge in [0.05, 0.1) is 0 Å². The lowest BCUT2D eigenvalue weighted by Gasteiger charge is -2.32. The van der Waals surface area contributed by atoms with Crippen LogP contribution in [-0.2, 0) is 9.53 Å². The molecule has 0 aromatic rings. The summed E-state index contributed by atoms with van der Waals surface area (Å²) in [5, 5.41) is 0. The van der Waals surface area contributed by atoms with Gasteiger partial charge < -0.3 is 4.74 Å². The fourth-order valence-electron chi connectivity index (χ4n) is 4.96. The highest BCUT2D eigenvalue weighted by atomic mass is 16.5. The van der Waals surface area contributed by atoms with Crippen molar-refractivity contribution in [2.24, 2.45) is 11.8 Å². The Morgan fingerprint density at radius 3 is 1.57 bits per heavy atom. The van der Waals surface area contributed by atoms with Gasteiger partial charge >= 0.3 is 5.97 Å². The number of rotatable bonds is 4. The summed E-state index contributed by atoms with van der Waals surface area (Å²) >= 11 is 0. The lowest BCUT2D eigenvalue weighted by Crippen LogP contribution is -2.23. The Bertz CT molecular complexity index is 374. The first-order valence-corrected chi connectivity index (χ1v) is 10.2. The van der Waals surface area contributed by atoms with Crippen LogP contribution < -0.4 is 0 Å². The molecule has 0 unspecified atom stereocenters. The lowest BCUT2D eigenvalue weighted by atomic mass is 9.73. The largest absolute Gasteiger partial charge is 0.459 e.